The number of halogens is 6. The van der Waals surface area contributed by atoms with Crippen molar-refractivity contribution in [2.45, 2.75) is 37.3 Å². The summed E-state index contributed by atoms with van der Waals surface area (Å²) in [5.41, 5.74) is -1.80. The highest BCUT2D eigenvalue weighted by Gasteiger charge is 2.40. The first-order chi connectivity index (χ1) is 17.4. The summed E-state index contributed by atoms with van der Waals surface area (Å²) in [5, 5.41) is 0. The zero-order valence-electron chi connectivity index (χ0n) is 20.5. The molecule has 0 aliphatic carbocycles. The monoisotopic (exact) mass is 519 g/mol. The molecule has 4 rings (SSSR count). The molecular formula is C29H29F6N2. The second-order valence-corrected chi connectivity index (χ2v) is 9.60. The summed E-state index contributed by atoms with van der Waals surface area (Å²) in [6, 6.07) is 21.1. The summed E-state index contributed by atoms with van der Waals surface area (Å²) >= 11 is 0. The van der Waals surface area contributed by atoms with Crippen molar-refractivity contribution < 1.29 is 26.3 Å². The lowest BCUT2D eigenvalue weighted by Crippen LogP contribution is -2.55. The van der Waals surface area contributed by atoms with Crippen LogP contribution in [0, 0.1) is 6.92 Å². The van der Waals surface area contributed by atoms with Crippen LogP contribution in [-0.4, -0.2) is 36.0 Å². The minimum absolute atomic E-state index is 0.0545. The maximum absolute atomic E-state index is 13.5. The van der Waals surface area contributed by atoms with Gasteiger partial charge in [-0.1, -0.05) is 60.7 Å². The van der Waals surface area contributed by atoms with Crippen molar-refractivity contribution in [3.63, 3.8) is 0 Å². The van der Waals surface area contributed by atoms with Gasteiger partial charge in [-0.05, 0) is 55.2 Å². The Hall–Kier alpha value is -2.84. The van der Waals surface area contributed by atoms with Gasteiger partial charge in [0.1, 0.15) is 0 Å². The lowest BCUT2D eigenvalue weighted by Gasteiger charge is -2.47. The molecule has 1 aliphatic heterocycles. The highest BCUT2D eigenvalue weighted by molar-refractivity contribution is 5.37. The van der Waals surface area contributed by atoms with Crippen molar-refractivity contribution in [2.24, 2.45) is 0 Å². The lowest BCUT2D eigenvalue weighted by molar-refractivity contribution is -0.143. The maximum atomic E-state index is 13.5. The number of piperazine rings is 1. The van der Waals surface area contributed by atoms with E-state index in [0.29, 0.717) is 26.2 Å². The Bertz CT molecular complexity index is 1140. The Kier molecular flexibility index (Phi) is 7.72. The molecule has 2 nitrogen and oxygen atoms in total. The zero-order chi connectivity index (χ0) is 26.8. The number of hydrogen-bond donors (Lipinski definition) is 0. The summed E-state index contributed by atoms with van der Waals surface area (Å²) in [6.07, 6.45) is -9.89. The molecule has 1 heterocycles. The van der Waals surface area contributed by atoms with E-state index in [0.717, 1.165) is 17.7 Å². The van der Waals surface area contributed by atoms with E-state index in [-0.39, 0.29) is 24.1 Å². The predicted molar refractivity (Wildman–Crippen MR) is 132 cm³/mol. The minimum Gasteiger partial charge on any atom is -0.294 e. The van der Waals surface area contributed by atoms with Crippen molar-refractivity contribution in [1.82, 2.24) is 9.80 Å². The standard InChI is InChI=1S/C29H29F6N2/c1-21(23-9-5-3-6-10-23)36-13-15-37(16-14-36)27(2,24-11-7-4-8-12-24)20-22-17-25(28(30,31)32)19-26(18-22)29(33,34)35/h3-12,17-19,21H,2,13-16,20H2,1H3. The van der Waals surface area contributed by atoms with Gasteiger partial charge < -0.3 is 0 Å². The molecule has 197 valence electrons. The Balaban J connectivity index is 1.64. The molecule has 3 aromatic carbocycles. The number of hydrogen-bond acceptors (Lipinski definition) is 2. The lowest BCUT2D eigenvalue weighted by atomic mass is 9.82. The third-order valence-corrected chi connectivity index (χ3v) is 7.20. The van der Waals surface area contributed by atoms with E-state index >= 15 is 0 Å². The molecule has 1 fully saturated rings. The van der Waals surface area contributed by atoms with Gasteiger partial charge in [0.05, 0.1) is 16.7 Å². The van der Waals surface area contributed by atoms with Gasteiger partial charge in [-0.25, -0.2) is 0 Å². The van der Waals surface area contributed by atoms with Gasteiger partial charge in [0.15, 0.2) is 0 Å². The first-order valence-corrected chi connectivity index (χ1v) is 12.1. The Morgan fingerprint density at radius 1 is 0.703 bits per heavy atom. The molecule has 0 amide bonds. The molecule has 0 N–H and O–H groups in total. The van der Waals surface area contributed by atoms with Crippen LogP contribution in [0.1, 0.15) is 40.8 Å². The highest BCUT2D eigenvalue weighted by Crippen LogP contribution is 2.39. The first-order valence-electron chi connectivity index (χ1n) is 12.1. The van der Waals surface area contributed by atoms with Crippen LogP contribution in [0.4, 0.5) is 26.3 Å². The molecule has 3 aromatic rings. The quantitative estimate of drug-likeness (QED) is 0.314. The van der Waals surface area contributed by atoms with E-state index in [2.05, 4.69) is 35.8 Å². The van der Waals surface area contributed by atoms with Gasteiger partial charge in [0, 0.05) is 32.2 Å². The summed E-state index contributed by atoms with van der Waals surface area (Å²) in [6.45, 7) is 9.06. The van der Waals surface area contributed by atoms with E-state index in [1.165, 1.54) is 5.56 Å². The number of alkyl halides is 6. The van der Waals surface area contributed by atoms with E-state index in [4.69, 9.17) is 0 Å². The molecular weight excluding hydrogens is 490 g/mol. The third-order valence-electron chi connectivity index (χ3n) is 7.20. The highest BCUT2D eigenvalue weighted by atomic mass is 19.4. The normalized spacial score (nSPS) is 18.4. The van der Waals surface area contributed by atoms with Crippen LogP contribution in [0.3, 0.4) is 0 Å². The molecule has 1 aliphatic rings. The minimum atomic E-state index is -4.90. The van der Waals surface area contributed by atoms with Crippen LogP contribution in [-0.2, 0) is 24.3 Å². The average molecular weight is 520 g/mol. The Morgan fingerprint density at radius 3 is 1.68 bits per heavy atom. The van der Waals surface area contributed by atoms with Gasteiger partial charge in [-0.3, -0.25) is 9.80 Å². The molecule has 1 saturated heterocycles. The second-order valence-electron chi connectivity index (χ2n) is 9.60. The van der Waals surface area contributed by atoms with E-state index < -0.39 is 29.0 Å². The van der Waals surface area contributed by atoms with Crippen LogP contribution < -0.4 is 0 Å². The van der Waals surface area contributed by atoms with Crippen molar-refractivity contribution >= 4 is 0 Å². The van der Waals surface area contributed by atoms with E-state index in [9.17, 15) is 26.3 Å². The zero-order valence-corrected chi connectivity index (χ0v) is 20.5. The average Bonchev–Trinajstić information content (AvgIpc) is 2.88. The molecule has 0 saturated carbocycles. The number of rotatable bonds is 6. The fourth-order valence-electron chi connectivity index (χ4n) is 5.08. The van der Waals surface area contributed by atoms with Crippen LogP contribution in [0.5, 0.6) is 0 Å². The summed E-state index contributed by atoms with van der Waals surface area (Å²) < 4.78 is 81.0. The van der Waals surface area contributed by atoms with Crippen LogP contribution in [0.2, 0.25) is 0 Å². The third kappa shape index (κ3) is 6.18. The fraction of sp³-hybridized carbons (Fsp3) is 0.345. The van der Waals surface area contributed by atoms with Gasteiger partial charge in [-0.15, -0.1) is 0 Å². The molecule has 37 heavy (non-hydrogen) atoms. The van der Waals surface area contributed by atoms with Crippen molar-refractivity contribution in [2.75, 3.05) is 26.2 Å². The number of nitrogens with zero attached hydrogens (tertiary/aromatic N) is 2. The van der Waals surface area contributed by atoms with Gasteiger partial charge in [-0.2, -0.15) is 26.3 Å². The van der Waals surface area contributed by atoms with Crippen LogP contribution >= 0.6 is 0 Å². The molecule has 0 bridgehead atoms. The maximum Gasteiger partial charge on any atom is 0.416 e. The van der Waals surface area contributed by atoms with Gasteiger partial charge in [0.25, 0.3) is 0 Å². The van der Waals surface area contributed by atoms with E-state index in [1.54, 1.807) is 12.1 Å². The predicted octanol–water partition coefficient (Wildman–Crippen LogP) is 7.38. The summed E-state index contributed by atoms with van der Waals surface area (Å²) in [7, 11) is 0. The number of benzene rings is 3. The first kappa shape index (κ1) is 27.2. The molecule has 0 aromatic heterocycles. The Labute approximate surface area is 213 Å². The SMILES string of the molecule is [CH2]C(Cc1cc(C(F)(F)F)cc(C(F)(F)F)c1)(c1ccccc1)N1CCN(C(C)c2ccccc2)CC1. The van der Waals surface area contributed by atoms with Crippen LogP contribution in [0.15, 0.2) is 78.9 Å². The smallest absolute Gasteiger partial charge is 0.294 e. The van der Waals surface area contributed by atoms with Crippen molar-refractivity contribution in [3.05, 3.63) is 114 Å². The van der Waals surface area contributed by atoms with Gasteiger partial charge in [0.2, 0.25) is 0 Å². The van der Waals surface area contributed by atoms with E-state index in [1.807, 2.05) is 36.4 Å². The van der Waals surface area contributed by atoms with Crippen LogP contribution in [0.25, 0.3) is 0 Å². The molecule has 2 atom stereocenters. The fourth-order valence-corrected chi connectivity index (χ4v) is 5.08. The molecule has 2 unspecified atom stereocenters. The molecule has 0 spiro atoms. The topological polar surface area (TPSA) is 6.48 Å². The summed E-state index contributed by atoms with van der Waals surface area (Å²) in [5.74, 6) is 0. The second kappa shape index (κ2) is 10.5. The molecule has 8 heteroatoms. The van der Waals surface area contributed by atoms with Gasteiger partial charge >= 0.3 is 12.4 Å². The van der Waals surface area contributed by atoms with Crippen molar-refractivity contribution in [1.29, 1.82) is 0 Å². The molecule has 1 radical (unpaired) electrons. The van der Waals surface area contributed by atoms with Crippen molar-refractivity contribution in [3.8, 4) is 0 Å². The summed E-state index contributed by atoms with van der Waals surface area (Å²) in [4.78, 5) is 4.40. The largest absolute Gasteiger partial charge is 0.416 e. The Morgan fingerprint density at radius 2 is 1.19 bits per heavy atom.